The number of rotatable bonds is 6. The van der Waals surface area contributed by atoms with Gasteiger partial charge in [-0.1, -0.05) is 6.07 Å². The van der Waals surface area contributed by atoms with Crippen LogP contribution in [0, 0.1) is 26.6 Å². The number of anilines is 1. The third-order valence-electron chi connectivity index (χ3n) is 3.90. The van der Waals surface area contributed by atoms with Crippen molar-refractivity contribution in [3.63, 3.8) is 0 Å². The predicted octanol–water partition coefficient (Wildman–Crippen LogP) is 3.06. The van der Waals surface area contributed by atoms with E-state index in [0.717, 1.165) is 11.1 Å². The van der Waals surface area contributed by atoms with Crippen molar-refractivity contribution in [2.24, 2.45) is 0 Å². The van der Waals surface area contributed by atoms with Crippen molar-refractivity contribution in [3.05, 3.63) is 58.9 Å². The molecule has 0 aromatic heterocycles. The van der Waals surface area contributed by atoms with Gasteiger partial charge in [0.2, 0.25) is 15.9 Å². The number of hydrogen-bond donors (Lipinski definition) is 2. The Morgan fingerprint density at radius 2 is 1.72 bits per heavy atom. The Hall–Kier alpha value is -2.25. The van der Waals surface area contributed by atoms with Crippen LogP contribution in [0.15, 0.2) is 41.3 Å². The summed E-state index contributed by atoms with van der Waals surface area (Å²) in [6.07, 6.45) is -0.0269. The number of carbonyl (C=O) groups excluding carboxylic acids is 1. The van der Waals surface area contributed by atoms with E-state index in [9.17, 15) is 17.6 Å². The number of amides is 1. The SMILES string of the molecule is Cc1ccc(S(=O)(=O)NCCC(=O)Nc2ccc(F)cc2C)cc1C. The first-order chi connectivity index (χ1) is 11.7. The molecular formula is C18H21FN2O3S. The van der Waals surface area contributed by atoms with Crippen molar-refractivity contribution in [2.75, 3.05) is 11.9 Å². The van der Waals surface area contributed by atoms with Gasteiger partial charge in [-0.05, 0) is 67.8 Å². The molecule has 5 nitrogen and oxygen atoms in total. The summed E-state index contributed by atoms with van der Waals surface area (Å²) in [5.41, 5.74) is 2.99. The Bertz CT molecular complexity index is 895. The number of hydrogen-bond acceptors (Lipinski definition) is 3. The van der Waals surface area contributed by atoms with Crippen LogP contribution >= 0.6 is 0 Å². The van der Waals surface area contributed by atoms with Gasteiger partial charge in [0, 0.05) is 18.7 Å². The van der Waals surface area contributed by atoms with Gasteiger partial charge in [-0.15, -0.1) is 0 Å². The Labute approximate surface area is 147 Å². The molecule has 25 heavy (non-hydrogen) atoms. The molecule has 0 heterocycles. The molecule has 0 aliphatic carbocycles. The summed E-state index contributed by atoms with van der Waals surface area (Å²) in [5, 5.41) is 2.64. The van der Waals surface area contributed by atoms with Crippen LogP contribution in [0.2, 0.25) is 0 Å². The van der Waals surface area contributed by atoms with Crippen LogP contribution in [0.25, 0.3) is 0 Å². The van der Waals surface area contributed by atoms with Gasteiger partial charge in [0.05, 0.1) is 4.90 Å². The summed E-state index contributed by atoms with van der Waals surface area (Å²) >= 11 is 0. The topological polar surface area (TPSA) is 75.3 Å². The molecule has 0 aliphatic heterocycles. The molecule has 7 heteroatoms. The molecule has 0 unspecified atom stereocenters. The fraction of sp³-hybridized carbons (Fsp3) is 0.278. The highest BCUT2D eigenvalue weighted by molar-refractivity contribution is 7.89. The van der Waals surface area contributed by atoms with E-state index < -0.39 is 10.0 Å². The molecule has 0 atom stereocenters. The second-order valence-corrected chi connectivity index (χ2v) is 7.67. The van der Waals surface area contributed by atoms with Crippen LogP contribution in [0.1, 0.15) is 23.1 Å². The van der Waals surface area contributed by atoms with E-state index in [4.69, 9.17) is 0 Å². The van der Waals surface area contributed by atoms with Crippen molar-refractivity contribution in [3.8, 4) is 0 Å². The molecule has 2 aromatic carbocycles. The largest absolute Gasteiger partial charge is 0.326 e. The normalized spacial score (nSPS) is 11.4. The van der Waals surface area contributed by atoms with E-state index in [1.165, 1.54) is 24.3 Å². The zero-order valence-electron chi connectivity index (χ0n) is 14.4. The first kappa shape index (κ1) is 19.1. The van der Waals surface area contributed by atoms with Crippen LogP contribution < -0.4 is 10.0 Å². The second-order valence-electron chi connectivity index (χ2n) is 5.90. The van der Waals surface area contributed by atoms with E-state index in [1.807, 2.05) is 13.8 Å². The Balaban J connectivity index is 1.92. The van der Waals surface area contributed by atoms with Crippen LogP contribution in [-0.2, 0) is 14.8 Å². The number of benzene rings is 2. The first-order valence-corrected chi connectivity index (χ1v) is 9.30. The monoisotopic (exact) mass is 364 g/mol. The number of carbonyl (C=O) groups is 1. The quantitative estimate of drug-likeness (QED) is 0.827. The van der Waals surface area contributed by atoms with E-state index in [2.05, 4.69) is 10.0 Å². The molecule has 2 aromatic rings. The standard InChI is InChI=1S/C18H21FN2O3S/c1-12-4-6-16(11-13(12)2)25(23,24)20-9-8-18(22)21-17-7-5-15(19)10-14(17)3/h4-7,10-11,20H,8-9H2,1-3H3,(H,21,22). The van der Waals surface area contributed by atoms with Gasteiger partial charge in [0.1, 0.15) is 5.82 Å². The van der Waals surface area contributed by atoms with E-state index in [0.29, 0.717) is 11.3 Å². The second kappa shape index (κ2) is 7.76. The van der Waals surface area contributed by atoms with E-state index in [-0.39, 0.29) is 29.6 Å². The molecule has 0 radical (unpaired) electrons. The van der Waals surface area contributed by atoms with Gasteiger partial charge in [-0.25, -0.2) is 17.5 Å². The number of halogens is 1. The maximum atomic E-state index is 13.0. The van der Waals surface area contributed by atoms with Crippen molar-refractivity contribution in [1.82, 2.24) is 4.72 Å². The summed E-state index contributed by atoms with van der Waals surface area (Å²) in [6, 6.07) is 8.92. The summed E-state index contributed by atoms with van der Waals surface area (Å²) in [5.74, 6) is -0.728. The minimum absolute atomic E-state index is 0.0265. The Morgan fingerprint density at radius 3 is 2.36 bits per heavy atom. The molecule has 0 fully saturated rings. The predicted molar refractivity (Wildman–Crippen MR) is 95.5 cm³/mol. The molecule has 0 spiro atoms. The highest BCUT2D eigenvalue weighted by Crippen LogP contribution is 2.16. The lowest BCUT2D eigenvalue weighted by molar-refractivity contribution is -0.116. The highest BCUT2D eigenvalue weighted by Gasteiger charge is 2.15. The highest BCUT2D eigenvalue weighted by atomic mass is 32.2. The molecule has 0 aliphatic rings. The summed E-state index contributed by atoms with van der Waals surface area (Å²) in [4.78, 5) is 12.1. The number of sulfonamides is 1. The lowest BCUT2D eigenvalue weighted by Crippen LogP contribution is -2.28. The smallest absolute Gasteiger partial charge is 0.240 e. The van der Waals surface area contributed by atoms with Gasteiger partial charge < -0.3 is 5.32 Å². The van der Waals surface area contributed by atoms with Crippen LogP contribution in [0.3, 0.4) is 0 Å². The average Bonchev–Trinajstić information content (AvgIpc) is 2.52. The molecule has 0 bridgehead atoms. The third-order valence-corrected chi connectivity index (χ3v) is 5.35. The fourth-order valence-electron chi connectivity index (χ4n) is 2.24. The Morgan fingerprint density at radius 1 is 1.00 bits per heavy atom. The third kappa shape index (κ3) is 5.11. The van der Waals surface area contributed by atoms with Gasteiger partial charge in [0.25, 0.3) is 0 Å². The molecule has 134 valence electrons. The van der Waals surface area contributed by atoms with Crippen molar-refractivity contribution >= 4 is 21.6 Å². The van der Waals surface area contributed by atoms with Crippen molar-refractivity contribution < 1.29 is 17.6 Å². The first-order valence-electron chi connectivity index (χ1n) is 7.82. The van der Waals surface area contributed by atoms with Gasteiger partial charge in [-0.3, -0.25) is 4.79 Å². The molecular weight excluding hydrogens is 343 g/mol. The van der Waals surface area contributed by atoms with Crippen molar-refractivity contribution in [2.45, 2.75) is 32.1 Å². The number of nitrogens with one attached hydrogen (secondary N) is 2. The number of aryl methyl sites for hydroxylation is 3. The Kier molecular flexibility index (Phi) is 5.92. The van der Waals surface area contributed by atoms with Crippen molar-refractivity contribution in [1.29, 1.82) is 0 Å². The molecule has 2 rings (SSSR count). The lowest BCUT2D eigenvalue weighted by atomic mass is 10.1. The van der Waals surface area contributed by atoms with Crippen LogP contribution in [0.4, 0.5) is 10.1 Å². The summed E-state index contributed by atoms with van der Waals surface area (Å²) < 4.78 is 39.9. The minimum Gasteiger partial charge on any atom is -0.326 e. The fourth-order valence-corrected chi connectivity index (χ4v) is 3.36. The maximum Gasteiger partial charge on any atom is 0.240 e. The molecule has 0 saturated heterocycles. The maximum absolute atomic E-state index is 13.0. The van der Waals surface area contributed by atoms with Gasteiger partial charge in [-0.2, -0.15) is 0 Å². The lowest BCUT2D eigenvalue weighted by Gasteiger charge is -2.10. The van der Waals surface area contributed by atoms with E-state index >= 15 is 0 Å². The zero-order chi connectivity index (χ0) is 18.6. The van der Waals surface area contributed by atoms with Gasteiger partial charge >= 0.3 is 0 Å². The zero-order valence-corrected chi connectivity index (χ0v) is 15.2. The van der Waals surface area contributed by atoms with Crippen LogP contribution in [0.5, 0.6) is 0 Å². The van der Waals surface area contributed by atoms with E-state index in [1.54, 1.807) is 19.1 Å². The minimum atomic E-state index is -3.66. The molecule has 0 saturated carbocycles. The van der Waals surface area contributed by atoms with Gasteiger partial charge in [0.15, 0.2) is 0 Å². The van der Waals surface area contributed by atoms with Crippen LogP contribution in [-0.4, -0.2) is 20.9 Å². The molecule has 2 N–H and O–H groups in total. The molecule has 1 amide bonds. The summed E-state index contributed by atoms with van der Waals surface area (Å²) in [7, 11) is -3.66. The summed E-state index contributed by atoms with van der Waals surface area (Å²) in [6.45, 7) is 5.40. The average molecular weight is 364 g/mol.